The summed E-state index contributed by atoms with van der Waals surface area (Å²) in [5.41, 5.74) is 0. The zero-order valence-electron chi connectivity index (χ0n) is 11.6. The SMILES string of the molecule is CCC1CC2C(=O)N(CCC(C)NC)C(=O)C2C1. The molecule has 4 nitrogen and oxygen atoms in total. The van der Waals surface area contributed by atoms with Crippen molar-refractivity contribution in [1.29, 1.82) is 0 Å². The minimum atomic E-state index is -0.00709. The number of rotatable bonds is 5. The number of hydrogen-bond donors (Lipinski definition) is 1. The van der Waals surface area contributed by atoms with Gasteiger partial charge < -0.3 is 5.32 Å². The minimum Gasteiger partial charge on any atom is -0.317 e. The third-order valence-corrected chi connectivity index (χ3v) is 4.68. The van der Waals surface area contributed by atoms with Gasteiger partial charge in [0.25, 0.3) is 0 Å². The van der Waals surface area contributed by atoms with E-state index in [1.807, 2.05) is 7.05 Å². The van der Waals surface area contributed by atoms with Crippen molar-refractivity contribution in [2.24, 2.45) is 17.8 Å². The summed E-state index contributed by atoms with van der Waals surface area (Å²) in [6.45, 7) is 4.79. The topological polar surface area (TPSA) is 49.4 Å². The smallest absolute Gasteiger partial charge is 0.233 e. The summed E-state index contributed by atoms with van der Waals surface area (Å²) >= 11 is 0. The van der Waals surface area contributed by atoms with Crippen molar-refractivity contribution in [3.63, 3.8) is 0 Å². The summed E-state index contributed by atoms with van der Waals surface area (Å²) in [6, 6.07) is 0.342. The van der Waals surface area contributed by atoms with Crippen LogP contribution in [0.4, 0.5) is 0 Å². The number of nitrogens with zero attached hydrogens (tertiary/aromatic N) is 1. The molecule has 0 bridgehead atoms. The Morgan fingerprint density at radius 1 is 1.28 bits per heavy atom. The van der Waals surface area contributed by atoms with Crippen molar-refractivity contribution in [3.8, 4) is 0 Å². The highest BCUT2D eigenvalue weighted by molar-refractivity contribution is 6.05. The van der Waals surface area contributed by atoms with E-state index in [0.29, 0.717) is 18.5 Å². The van der Waals surface area contributed by atoms with E-state index in [1.54, 1.807) is 0 Å². The highest BCUT2D eigenvalue weighted by Gasteiger charge is 2.51. The van der Waals surface area contributed by atoms with Gasteiger partial charge in [0, 0.05) is 12.6 Å². The summed E-state index contributed by atoms with van der Waals surface area (Å²) in [5.74, 6) is 0.736. The van der Waals surface area contributed by atoms with Crippen LogP contribution in [0.25, 0.3) is 0 Å². The van der Waals surface area contributed by atoms with Crippen LogP contribution in [0.2, 0.25) is 0 Å². The van der Waals surface area contributed by atoms with Crippen LogP contribution in [-0.2, 0) is 9.59 Å². The average Bonchev–Trinajstić information content (AvgIpc) is 2.89. The van der Waals surface area contributed by atoms with E-state index in [1.165, 1.54) is 4.90 Å². The average molecular weight is 252 g/mol. The molecule has 0 aromatic heterocycles. The molecule has 1 aliphatic carbocycles. The molecular formula is C14H24N2O2. The lowest BCUT2D eigenvalue weighted by Gasteiger charge is -2.19. The van der Waals surface area contributed by atoms with Gasteiger partial charge in [-0.15, -0.1) is 0 Å². The number of fused-ring (bicyclic) bond motifs is 1. The second-order valence-corrected chi connectivity index (χ2v) is 5.77. The van der Waals surface area contributed by atoms with Crippen molar-refractivity contribution in [1.82, 2.24) is 10.2 Å². The fourth-order valence-electron chi connectivity index (χ4n) is 3.22. The zero-order valence-corrected chi connectivity index (χ0v) is 11.6. The molecule has 0 spiro atoms. The Labute approximate surface area is 109 Å². The quantitative estimate of drug-likeness (QED) is 0.753. The molecule has 1 saturated heterocycles. The Bertz CT molecular complexity index is 319. The molecule has 3 unspecified atom stereocenters. The lowest BCUT2D eigenvalue weighted by Crippen LogP contribution is -2.36. The lowest BCUT2D eigenvalue weighted by molar-refractivity contribution is -0.140. The number of carbonyl (C=O) groups excluding carboxylic acids is 2. The molecule has 1 N–H and O–H groups in total. The predicted octanol–water partition coefficient (Wildman–Crippen LogP) is 1.41. The van der Waals surface area contributed by atoms with Crippen LogP contribution in [-0.4, -0.2) is 36.3 Å². The van der Waals surface area contributed by atoms with Crippen molar-refractivity contribution < 1.29 is 9.59 Å². The monoisotopic (exact) mass is 252 g/mol. The Morgan fingerprint density at radius 2 is 1.83 bits per heavy atom. The number of likely N-dealkylation sites (tertiary alicyclic amines) is 1. The van der Waals surface area contributed by atoms with Crippen LogP contribution in [0.3, 0.4) is 0 Å². The number of carbonyl (C=O) groups is 2. The predicted molar refractivity (Wildman–Crippen MR) is 69.9 cm³/mol. The molecule has 18 heavy (non-hydrogen) atoms. The van der Waals surface area contributed by atoms with Gasteiger partial charge in [-0.25, -0.2) is 0 Å². The van der Waals surface area contributed by atoms with E-state index in [0.717, 1.165) is 25.7 Å². The molecule has 2 rings (SSSR count). The fraction of sp³-hybridized carbons (Fsp3) is 0.857. The van der Waals surface area contributed by atoms with Gasteiger partial charge in [0.05, 0.1) is 11.8 Å². The minimum absolute atomic E-state index is 0.00709. The van der Waals surface area contributed by atoms with E-state index in [-0.39, 0.29) is 23.7 Å². The summed E-state index contributed by atoms with van der Waals surface area (Å²) < 4.78 is 0. The molecule has 102 valence electrons. The van der Waals surface area contributed by atoms with E-state index >= 15 is 0 Å². The number of nitrogens with one attached hydrogen (secondary N) is 1. The first-order chi connectivity index (χ1) is 8.58. The maximum atomic E-state index is 12.2. The first-order valence-electron chi connectivity index (χ1n) is 7.10. The fourth-order valence-corrected chi connectivity index (χ4v) is 3.22. The molecule has 0 aromatic rings. The summed E-state index contributed by atoms with van der Waals surface area (Å²) in [4.78, 5) is 26.0. The molecule has 3 atom stereocenters. The zero-order chi connectivity index (χ0) is 13.3. The first-order valence-corrected chi connectivity index (χ1v) is 7.10. The molecule has 2 amide bonds. The maximum Gasteiger partial charge on any atom is 0.233 e. The van der Waals surface area contributed by atoms with Crippen molar-refractivity contribution in [3.05, 3.63) is 0 Å². The van der Waals surface area contributed by atoms with Gasteiger partial charge >= 0.3 is 0 Å². The first kappa shape index (κ1) is 13.5. The highest BCUT2D eigenvalue weighted by Crippen LogP contribution is 2.44. The number of hydrogen-bond acceptors (Lipinski definition) is 3. The number of imide groups is 1. The highest BCUT2D eigenvalue weighted by atomic mass is 16.2. The van der Waals surface area contributed by atoms with E-state index < -0.39 is 0 Å². The third kappa shape index (κ3) is 2.30. The van der Waals surface area contributed by atoms with Crippen LogP contribution < -0.4 is 5.32 Å². The van der Waals surface area contributed by atoms with E-state index in [2.05, 4.69) is 19.2 Å². The molecule has 2 aliphatic rings. The Balaban J connectivity index is 1.96. The second kappa shape index (κ2) is 5.39. The van der Waals surface area contributed by atoms with Crippen LogP contribution >= 0.6 is 0 Å². The molecule has 1 aliphatic heterocycles. The van der Waals surface area contributed by atoms with Gasteiger partial charge in [0.2, 0.25) is 11.8 Å². The molecule has 0 aromatic carbocycles. The Kier molecular flexibility index (Phi) is 4.05. The maximum absolute atomic E-state index is 12.2. The van der Waals surface area contributed by atoms with Gasteiger partial charge in [-0.2, -0.15) is 0 Å². The van der Waals surface area contributed by atoms with Crippen molar-refractivity contribution >= 4 is 11.8 Å². The van der Waals surface area contributed by atoms with E-state index in [9.17, 15) is 9.59 Å². The van der Waals surface area contributed by atoms with Gasteiger partial charge in [-0.1, -0.05) is 13.3 Å². The Morgan fingerprint density at radius 3 is 2.28 bits per heavy atom. The van der Waals surface area contributed by atoms with Crippen LogP contribution in [0, 0.1) is 17.8 Å². The van der Waals surface area contributed by atoms with Crippen LogP contribution in [0.5, 0.6) is 0 Å². The van der Waals surface area contributed by atoms with Crippen LogP contribution in [0.1, 0.15) is 39.5 Å². The number of amides is 2. The third-order valence-electron chi connectivity index (χ3n) is 4.68. The summed E-state index contributed by atoms with van der Waals surface area (Å²) in [6.07, 6.45) is 3.77. The molecular weight excluding hydrogens is 228 g/mol. The van der Waals surface area contributed by atoms with E-state index in [4.69, 9.17) is 0 Å². The van der Waals surface area contributed by atoms with Crippen molar-refractivity contribution in [2.45, 2.75) is 45.6 Å². The Hall–Kier alpha value is -0.900. The van der Waals surface area contributed by atoms with Gasteiger partial charge in [-0.05, 0) is 39.2 Å². The second-order valence-electron chi connectivity index (χ2n) is 5.77. The standard InChI is InChI=1S/C14H24N2O2/c1-4-10-7-11-12(8-10)14(18)16(13(11)17)6-5-9(2)15-3/h9-12,15H,4-8H2,1-3H3. The normalized spacial score (nSPS) is 33.1. The van der Waals surface area contributed by atoms with Gasteiger partial charge in [0.1, 0.15) is 0 Å². The van der Waals surface area contributed by atoms with Gasteiger partial charge in [-0.3, -0.25) is 14.5 Å². The van der Waals surface area contributed by atoms with Crippen LogP contribution in [0.15, 0.2) is 0 Å². The summed E-state index contributed by atoms with van der Waals surface area (Å²) in [5, 5.41) is 3.14. The largest absolute Gasteiger partial charge is 0.317 e. The molecule has 4 heteroatoms. The van der Waals surface area contributed by atoms with Gasteiger partial charge in [0.15, 0.2) is 0 Å². The summed E-state index contributed by atoms with van der Waals surface area (Å²) in [7, 11) is 1.90. The molecule has 2 fully saturated rings. The lowest BCUT2D eigenvalue weighted by atomic mass is 10.00. The molecule has 1 saturated carbocycles. The molecule has 1 heterocycles. The molecule has 0 radical (unpaired) electrons. The van der Waals surface area contributed by atoms with Crippen molar-refractivity contribution in [2.75, 3.05) is 13.6 Å².